The zero-order valence-electron chi connectivity index (χ0n) is 34.8. The number of sulfonamides is 1. The van der Waals surface area contributed by atoms with Crippen LogP contribution < -0.4 is 19.1 Å². The molecule has 61 heavy (non-hydrogen) atoms. The van der Waals surface area contributed by atoms with Gasteiger partial charge in [0, 0.05) is 68.2 Å². The van der Waals surface area contributed by atoms with Gasteiger partial charge in [-0.15, -0.1) is 0 Å². The normalized spacial score (nSPS) is 19.9. The molecule has 0 radical (unpaired) electrons. The summed E-state index contributed by atoms with van der Waals surface area (Å²) in [5.74, 6) is 0.174. The quantitative estimate of drug-likeness (QED) is 0.118. The minimum absolute atomic E-state index is 0.0310. The van der Waals surface area contributed by atoms with Gasteiger partial charge in [-0.2, -0.15) is 0 Å². The van der Waals surface area contributed by atoms with Crippen molar-refractivity contribution in [1.82, 2.24) is 24.6 Å². The van der Waals surface area contributed by atoms with E-state index in [0.29, 0.717) is 23.9 Å². The Hall–Kier alpha value is -4.66. The zero-order chi connectivity index (χ0) is 42.7. The Morgan fingerprint density at radius 2 is 1.72 bits per heavy atom. The van der Waals surface area contributed by atoms with Gasteiger partial charge in [0.1, 0.15) is 27.1 Å². The third-order valence-corrected chi connectivity index (χ3v) is 14.1. The topological polar surface area (TPSA) is 139 Å². The van der Waals surface area contributed by atoms with E-state index in [0.717, 1.165) is 100.0 Å². The lowest BCUT2D eigenvalue weighted by molar-refractivity contribution is 0.0478. The Labute approximate surface area is 367 Å². The Bertz CT molecular complexity index is 2510. The fourth-order valence-electron chi connectivity index (χ4n) is 8.61. The SMILES string of the molecule is COC1CCC(COc2ncc(S(=O)(=O)NC(=O)c3ccc(N4CCN(CC5=C(c6ccc(Cl)cc6)CC(C)(C)CC5)CC4)cc3Oc3cnc4[nH]ccc4c3)cc2Cl)CC1. The highest BCUT2D eigenvalue weighted by atomic mass is 35.5. The second-order valence-corrected chi connectivity index (χ2v) is 19.7. The Balaban J connectivity index is 0.972. The number of hydrogen-bond donors (Lipinski definition) is 2. The number of hydrogen-bond acceptors (Lipinski definition) is 10. The Morgan fingerprint density at radius 1 is 0.951 bits per heavy atom. The zero-order valence-corrected chi connectivity index (χ0v) is 37.1. The van der Waals surface area contributed by atoms with Crippen LogP contribution in [0.1, 0.15) is 74.7 Å². The van der Waals surface area contributed by atoms with Crippen molar-refractivity contribution in [3.63, 3.8) is 0 Å². The highest BCUT2D eigenvalue weighted by Crippen LogP contribution is 2.43. The van der Waals surface area contributed by atoms with Gasteiger partial charge in [-0.05, 0) is 110 Å². The van der Waals surface area contributed by atoms with E-state index in [-0.39, 0.29) is 38.6 Å². The van der Waals surface area contributed by atoms with Gasteiger partial charge in [-0.1, -0.05) is 54.8 Å². The fourth-order valence-corrected chi connectivity index (χ4v) is 9.96. The van der Waals surface area contributed by atoms with E-state index in [2.05, 4.69) is 55.5 Å². The van der Waals surface area contributed by atoms with Crippen molar-refractivity contribution >= 4 is 61.4 Å². The summed E-state index contributed by atoms with van der Waals surface area (Å²) in [5.41, 5.74) is 5.97. The summed E-state index contributed by atoms with van der Waals surface area (Å²) >= 11 is 12.7. The molecule has 2 aromatic carbocycles. The third-order valence-electron chi connectivity index (χ3n) is 12.2. The maximum Gasteiger partial charge on any atom is 0.268 e. The minimum atomic E-state index is -4.40. The maximum absolute atomic E-state index is 13.9. The number of carbonyl (C=O) groups excluding carboxylic acids is 1. The lowest BCUT2D eigenvalue weighted by atomic mass is 9.72. The molecule has 2 N–H and O–H groups in total. The first-order valence-electron chi connectivity index (χ1n) is 20.9. The summed E-state index contributed by atoms with van der Waals surface area (Å²) in [6.45, 7) is 9.22. The van der Waals surface area contributed by atoms with Crippen LogP contribution in [-0.2, 0) is 14.8 Å². The van der Waals surface area contributed by atoms with E-state index in [9.17, 15) is 13.2 Å². The number of anilines is 1. The van der Waals surface area contributed by atoms with Crippen molar-refractivity contribution in [2.24, 2.45) is 11.3 Å². The van der Waals surface area contributed by atoms with E-state index < -0.39 is 15.9 Å². The fraction of sp³-hybridized carbons (Fsp3) is 0.413. The van der Waals surface area contributed by atoms with Crippen molar-refractivity contribution in [1.29, 1.82) is 0 Å². The number of methoxy groups -OCH3 is 1. The Kier molecular flexibility index (Phi) is 12.9. The van der Waals surface area contributed by atoms with E-state index >= 15 is 0 Å². The van der Waals surface area contributed by atoms with Crippen LogP contribution in [0.2, 0.25) is 10.0 Å². The second kappa shape index (κ2) is 18.4. The van der Waals surface area contributed by atoms with Crippen molar-refractivity contribution in [2.75, 3.05) is 51.3 Å². The number of nitrogens with one attached hydrogen (secondary N) is 2. The monoisotopic (exact) mass is 886 g/mol. The predicted octanol–water partition coefficient (Wildman–Crippen LogP) is 9.55. The summed E-state index contributed by atoms with van der Waals surface area (Å²) in [6.07, 6.45) is 11.8. The van der Waals surface area contributed by atoms with Crippen LogP contribution in [0.15, 0.2) is 89.7 Å². The molecule has 1 amide bonds. The molecule has 1 saturated carbocycles. The number of halogens is 2. The number of aromatic nitrogens is 3. The van der Waals surface area contributed by atoms with E-state index in [1.807, 2.05) is 30.3 Å². The molecule has 12 nitrogen and oxygen atoms in total. The number of ether oxygens (including phenoxy) is 3. The lowest BCUT2D eigenvalue weighted by Crippen LogP contribution is -2.47. The molecule has 0 atom stereocenters. The first-order chi connectivity index (χ1) is 29.3. The number of allylic oxidation sites excluding steroid dienone is 1. The molecule has 0 unspecified atom stereocenters. The van der Waals surface area contributed by atoms with Crippen LogP contribution in [-0.4, -0.2) is 86.7 Å². The second-order valence-electron chi connectivity index (χ2n) is 17.1. The molecule has 2 aliphatic carbocycles. The van der Waals surface area contributed by atoms with Crippen LogP contribution in [0.5, 0.6) is 17.4 Å². The largest absolute Gasteiger partial charge is 0.476 e. The number of amides is 1. The molecule has 5 aromatic rings. The Morgan fingerprint density at radius 3 is 2.46 bits per heavy atom. The number of carbonyl (C=O) groups is 1. The standard InChI is InChI=1S/C46H52Cl2N6O6S/c1-46(2)16-14-33(40(25-46)31-6-8-34(47)9-7-31)28-53-18-20-54(21-19-53)35-10-13-39(42(23-35)60-37-22-32-15-17-49-43(32)50-26-37)44(55)52-61(56,57)38-24-41(48)45(51-27-38)59-29-30-4-11-36(58-3)12-5-30/h6-10,13,15,17,22-24,26-27,30,36H,4-5,11-12,14,16,18-21,25,28-29H2,1-3H3,(H,49,50)(H,52,55). The van der Waals surface area contributed by atoms with Crippen molar-refractivity contribution < 1.29 is 27.4 Å². The van der Waals surface area contributed by atoms with Gasteiger partial charge in [0.15, 0.2) is 0 Å². The number of pyridine rings is 2. The van der Waals surface area contributed by atoms with Gasteiger partial charge in [0.2, 0.25) is 5.88 Å². The van der Waals surface area contributed by atoms with Crippen LogP contribution in [0.25, 0.3) is 16.6 Å². The molecule has 322 valence electrons. The molecule has 8 rings (SSSR count). The molecule has 1 aliphatic heterocycles. The number of nitrogens with zero attached hydrogens (tertiary/aromatic N) is 4. The number of fused-ring (bicyclic) bond motifs is 1. The number of rotatable bonds is 13. The number of aromatic amines is 1. The maximum atomic E-state index is 13.9. The first kappa shape index (κ1) is 43.0. The first-order valence-corrected chi connectivity index (χ1v) is 23.1. The van der Waals surface area contributed by atoms with Gasteiger partial charge in [0.25, 0.3) is 15.9 Å². The molecule has 1 saturated heterocycles. The highest BCUT2D eigenvalue weighted by Gasteiger charge is 2.30. The van der Waals surface area contributed by atoms with Crippen molar-refractivity contribution in [2.45, 2.75) is 69.8 Å². The summed E-state index contributed by atoms with van der Waals surface area (Å²) in [4.78, 5) is 30.1. The summed E-state index contributed by atoms with van der Waals surface area (Å²) in [6, 6.07) is 18.4. The van der Waals surface area contributed by atoms with E-state index in [1.165, 1.54) is 22.8 Å². The lowest BCUT2D eigenvalue weighted by Gasteiger charge is -2.39. The smallest absolute Gasteiger partial charge is 0.268 e. The average Bonchev–Trinajstić information content (AvgIpc) is 3.72. The molecule has 0 bridgehead atoms. The van der Waals surface area contributed by atoms with Gasteiger partial charge >= 0.3 is 0 Å². The molecule has 3 aromatic heterocycles. The number of piperazine rings is 1. The van der Waals surface area contributed by atoms with Crippen LogP contribution in [0, 0.1) is 11.3 Å². The molecule has 4 heterocycles. The van der Waals surface area contributed by atoms with Gasteiger partial charge in [0.05, 0.1) is 30.7 Å². The van der Waals surface area contributed by atoms with Gasteiger partial charge in [-0.3, -0.25) is 9.69 Å². The van der Waals surface area contributed by atoms with E-state index in [4.69, 9.17) is 37.4 Å². The highest BCUT2D eigenvalue weighted by molar-refractivity contribution is 7.90. The van der Waals surface area contributed by atoms with Gasteiger partial charge < -0.3 is 24.1 Å². The van der Waals surface area contributed by atoms with E-state index in [1.54, 1.807) is 31.6 Å². The predicted molar refractivity (Wildman–Crippen MR) is 239 cm³/mol. The molecule has 15 heteroatoms. The van der Waals surface area contributed by atoms with Gasteiger partial charge in [-0.25, -0.2) is 23.1 Å². The minimum Gasteiger partial charge on any atom is -0.476 e. The molecule has 0 spiro atoms. The van der Waals surface area contributed by atoms with Crippen LogP contribution in [0.4, 0.5) is 5.69 Å². The number of H-pyrrole nitrogens is 1. The molecular weight excluding hydrogens is 836 g/mol. The summed E-state index contributed by atoms with van der Waals surface area (Å²) < 4.78 is 47.1. The van der Waals surface area contributed by atoms with Crippen LogP contribution >= 0.6 is 23.2 Å². The average molecular weight is 888 g/mol. The molecule has 2 fully saturated rings. The van der Waals surface area contributed by atoms with Crippen molar-refractivity contribution in [3.05, 3.63) is 106 Å². The van der Waals surface area contributed by atoms with Crippen LogP contribution in [0.3, 0.4) is 0 Å². The van der Waals surface area contributed by atoms with Crippen molar-refractivity contribution in [3.8, 4) is 17.4 Å². The molecule has 3 aliphatic rings. The summed E-state index contributed by atoms with van der Waals surface area (Å²) in [5, 5.41) is 1.59. The number of benzene rings is 2. The third kappa shape index (κ3) is 10.3. The summed E-state index contributed by atoms with van der Waals surface area (Å²) in [7, 11) is -2.67. The molecular formula is C46H52Cl2N6O6S.